The van der Waals surface area contributed by atoms with E-state index in [9.17, 15) is 18.0 Å². The summed E-state index contributed by atoms with van der Waals surface area (Å²) in [6.45, 7) is 8.65. The van der Waals surface area contributed by atoms with Crippen molar-refractivity contribution in [2.75, 3.05) is 23.7 Å². The summed E-state index contributed by atoms with van der Waals surface area (Å²) < 4.78 is 26.0. The molecule has 2 amide bonds. The average Bonchev–Trinajstić information content (AvgIpc) is 2.77. The lowest BCUT2D eigenvalue weighted by molar-refractivity contribution is -0.140. The van der Waals surface area contributed by atoms with Gasteiger partial charge in [-0.1, -0.05) is 61.3 Å². The third-order valence-electron chi connectivity index (χ3n) is 5.54. The lowest BCUT2D eigenvalue weighted by atomic mass is 10.1. The number of aryl methyl sites for hydroxylation is 1. The van der Waals surface area contributed by atoms with E-state index in [-0.39, 0.29) is 24.8 Å². The number of hydrogen-bond donors (Lipinski definition) is 1. The van der Waals surface area contributed by atoms with E-state index in [1.54, 1.807) is 36.1 Å². The number of amides is 2. The molecule has 0 aliphatic rings. The van der Waals surface area contributed by atoms with Crippen LogP contribution in [0.15, 0.2) is 48.5 Å². The standard InChI is InChI=1S/C26H36ClN3O4S/c1-19(2)17-28-26(32)21(4)29(18-22-10-6-9-20(3)15-22)25(31)13-8-14-30(35(5,33)34)24-12-7-11-23(27)16-24/h6-7,9-12,15-16,19,21H,8,13-14,17-18H2,1-5H3,(H,28,32)/t21-/m0/s1. The number of benzene rings is 2. The van der Waals surface area contributed by atoms with Gasteiger partial charge in [0.1, 0.15) is 6.04 Å². The van der Waals surface area contributed by atoms with Gasteiger partial charge in [-0.2, -0.15) is 0 Å². The van der Waals surface area contributed by atoms with E-state index < -0.39 is 16.1 Å². The van der Waals surface area contributed by atoms with Crippen LogP contribution in [0, 0.1) is 12.8 Å². The van der Waals surface area contributed by atoms with E-state index in [0.717, 1.165) is 17.4 Å². The third kappa shape index (κ3) is 9.18. The van der Waals surface area contributed by atoms with Crippen LogP contribution in [0.4, 0.5) is 5.69 Å². The third-order valence-corrected chi connectivity index (χ3v) is 6.96. The zero-order valence-corrected chi connectivity index (χ0v) is 22.7. The van der Waals surface area contributed by atoms with Gasteiger partial charge in [0, 0.05) is 31.1 Å². The number of hydrogen-bond acceptors (Lipinski definition) is 4. The number of anilines is 1. The SMILES string of the molecule is Cc1cccc(CN(C(=O)CCCN(c2cccc(Cl)c2)S(C)(=O)=O)[C@@H](C)C(=O)NCC(C)C)c1. The van der Waals surface area contributed by atoms with E-state index in [1.807, 2.05) is 45.0 Å². The quantitative estimate of drug-likeness (QED) is 0.449. The maximum Gasteiger partial charge on any atom is 0.242 e. The van der Waals surface area contributed by atoms with Gasteiger partial charge >= 0.3 is 0 Å². The van der Waals surface area contributed by atoms with Gasteiger partial charge in [-0.05, 0) is 49.9 Å². The van der Waals surface area contributed by atoms with E-state index in [2.05, 4.69) is 5.32 Å². The van der Waals surface area contributed by atoms with Crippen molar-refractivity contribution in [3.05, 3.63) is 64.7 Å². The van der Waals surface area contributed by atoms with Crippen molar-refractivity contribution >= 4 is 39.1 Å². The maximum atomic E-state index is 13.3. The van der Waals surface area contributed by atoms with Gasteiger partial charge in [0.2, 0.25) is 21.8 Å². The number of nitrogens with zero attached hydrogens (tertiary/aromatic N) is 2. The molecule has 0 saturated carbocycles. The Bertz CT molecular complexity index is 1120. The molecule has 0 unspecified atom stereocenters. The Balaban J connectivity index is 2.16. The lowest BCUT2D eigenvalue weighted by Crippen LogP contribution is -2.48. The molecule has 2 aromatic rings. The topological polar surface area (TPSA) is 86.8 Å². The molecular weight excluding hydrogens is 486 g/mol. The zero-order valence-electron chi connectivity index (χ0n) is 21.1. The van der Waals surface area contributed by atoms with Crippen LogP contribution in [-0.2, 0) is 26.2 Å². The highest BCUT2D eigenvalue weighted by atomic mass is 35.5. The van der Waals surface area contributed by atoms with Crippen LogP contribution in [-0.4, -0.2) is 50.5 Å². The van der Waals surface area contributed by atoms with Crippen LogP contribution in [0.5, 0.6) is 0 Å². The Morgan fingerprint density at radius 1 is 1.06 bits per heavy atom. The van der Waals surface area contributed by atoms with Gasteiger partial charge in [-0.15, -0.1) is 0 Å². The van der Waals surface area contributed by atoms with Crippen molar-refractivity contribution < 1.29 is 18.0 Å². The predicted molar refractivity (Wildman–Crippen MR) is 142 cm³/mol. The Morgan fingerprint density at radius 2 is 1.74 bits per heavy atom. The number of sulfonamides is 1. The fraction of sp³-hybridized carbons (Fsp3) is 0.462. The minimum absolute atomic E-state index is 0.0974. The van der Waals surface area contributed by atoms with Crippen molar-refractivity contribution in [1.29, 1.82) is 0 Å². The molecule has 2 aromatic carbocycles. The Kier molecular flexibility index (Phi) is 10.6. The monoisotopic (exact) mass is 521 g/mol. The molecule has 192 valence electrons. The summed E-state index contributed by atoms with van der Waals surface area (Å²) >= 11 is 6.04. The molecule has 0 fully saturated rings. The Labute approximate surface area is 214 Å². The van der Waals surface area contributed by atoms with E-state index in [4.69, 9.17) is 11.6 Å². The summed E-state index contributed by atoms with van der Waals surface area (Å²) in [6.07, 6.45) is 1.52. The van der Waals surface area contributed by atoms with Crippen LogP contribution in [0.25, 0.3) is 0 Å². The molecule has 0 bridgehead atoms. The molecule has 0 saturated heterocycles. The molecule has 2 rings (SSSR count). The zero-order chi connectivity index (χ0) is 26.2. The van der Waals surface area contributed by atoms with Gasteiger partial charge < -0.3 is 10.2 Å². The summed E-state index contributed by atoms with van der Waals surface area (Å²) in [5.41, 5.74) is 2.45. The molecule has 0 spiro atoms. The van der Waals surface area contributed by atoms with E-state index in [0.29, 0.717) is 36.1 Å². The van der Waals surface area contributed by atoms with Crippen LogP contribution >= 0.6 is 11.6 Å². The minimum atomic E-state index is -3.57. The molecule has 0 aromatic heterocycles. The molecule has 1 N–H and O–H groups in total. The largest absolute Gasteiger partial charge is 0.354 e. The van der Waals surface area contributed by atoms with Crippen molar-refractivity contribution in [2.24, 2.45) is 5.92 Å². The first kappa shape index (κ1) is 28.7. The van der Waals surface area contributed by atoms with Gasteiger partial charge in [0.05, 0.1) is 11.9 Å². The number of halogens is 1. The van der Waals surface area contributed by atoms with Crippen molar-refractivity contribution in [3.63, 3.8) is 0 Å². The van der Waals surface area contributed by atoms with Gasteiger partial charge in [-0.3, -0.25) is 13.9 Å². The fourth-order valence-electron chi connectivity index (χ4n) is 3.68. The van der Waals surface area contributed by atoms with Crippen molar-refractivity contribution in [1.82, 2.24) is 10.2 Å². The molecule has 0 aliphatic carbocycles. The van der Waals surface area contributed by atoms with Gasteiger partial charge in [0.15, 0.2) is 0 Å². The van der Waals surface area contributed by atoms with Gasteiger partial charge in [0.25, 0.3) is 0 Å². The Morgan fingerprint density at radius 3 is 2.34 bits per heavy atom. The second-order valence-corrected chi connectivity index (χ2v) is 11.6. The van der Waals surface area contributed by atoms with E-state index in [1.165, 1.54) is 4.31 Å². The van der Waals surface area contributed by atoms with Crippen LogP contribution in [0.3, 0.4) is 0 Å². The molecule has 0 heterocycles. The second kappa shape index (κ2) is 12.9. The summed E-state index contributed by atoms with van der Waals surface area (Å²) in [5.74, 6) is -0.129. The maximum absolute atomic E-state index is 13.3. The average molecular weight is 522 g/mol. The van der Waals surface area contributed by atoms with Crippen molar-refractivity contribution in [2.45, 2.75) is 53.1 Å². The second-order valence-electron chi connectivity index (χ2n) is 9.24. The molecule has 1 atom stereocenters. The first-order chi connectivity index (χ1) is 16.4. The normalized spacial score (nSPS) is 12.3. The van der Waals surface area contributed by atoms with Crippen LogP contribution in [0.1, 0.15) is 44.7 Å². The summed E-state index contributed by atoms with van der Waals surface area (Å²) in [5, 5.41) is 3.33. The smallest absolute Gasteiger partial charge is 0.242 e. The summed E-state index contributed by atoms with van der Waals surface area (Å²) in [7, 11) is -3.57. The lowest BCUT2D eigenvalue weighted by Gasteiger charge is -2.30. The highest BCUT2D eigenvalue weighted by molar-refractivity contribution is 7.92. The predicted octanol–water partition coefficient (Wildman–Crippen LogP) is 4.38. The molecule has 35 heavy (non-hydrogen) atoms. The molecule has 0 radical (unpaired) electrons. The first-order valence-electron chi connectivity index (χ1n) is 11.7. The Hall–Kier alpha value is -2.58. The highest BCUT2D eigenvalue weighted by Gasteiger charge is 2.26. The highest BCUT2D eigenvalue weighted by Crippen LogP contribution is 2.22. The summed E-state index contributed by atoms with van der Waals surface area (Å²) in [4.78, 5) is 27.6. The number of carbonyl (C=O) groups excluding carboxylic acids is 2. The van der Waals surface area contributed by atoms with Crippen LogP contribution in [0.2, 0.25) is 5.02 Å². The molecule has 0 aliphatic heterocycles. The van der Waals surface area contributed by atoms with E-state index >= 15 is 0 Å². The minimum Gasteiger partial charge on any atom is -0.354 e. The molecule has 7 nitrogen and oxygen atoms in total. The fourth-order valence-corrected chi connectivity index (χ4v) is 4.82. The number of nitrogens with one attached hydrogen (secondary N) is 1. The molecule has 9 heteroatoms. The first-order valence-corrected chi connectivity index (χ1v) is 14.0. The van der Waals surface area contributed by atoms with Crippen LogP contribution < -0.4 is 9.62 Å². The summed E-state index contributed by atoms with van der Waals surface area (Å²) in [6, 6.07) is 13.7. The number of carbonyl (C=O) groups is 2. The van der Waals surface area contributed by atoms with Crippen molar-refractivity contribution in [3.8, 4) is 0 Å². The van der Waals surface area contributed by atoms with Gasteiger partial charge in [-0.25, -0.2) is 8.42 Å². The molecular formula is C26H36ClN3O4S. The number of rotatable bonds is 12.